The maximum absolute atomic E-state index is 12.0. The minimum Gasteiger partial charge on any atom is -0.345 e. The topological polar surface area (TPSA) is 32.3 Å². The first-order chi connectivity index (χ1) is 10.2. The van der Waals surface area contributed by atoms with Crippen LogP contribution in [-0.2, 0) is 4.79 Å². The molecule has 0 aliphatic carbocycles. The van der Waals surface area contributed by atoms with Crippen LogP contribution >= 0.6 is 0 Å². The molecule has 0 aliphatic rings. The third-order valence-electron chi connectivity index (χ3n) is 3.62. The Hall–Kier alpha value is -2.13. The summed E-state index contributed by atoms with van der Waals surface area (Å²) in [6, 6.07) is 20.4. The lowest BCUT2D eigenvalue weighted by molar-refractivity contribution is -0.128. The third kappa shape index (κ3) is 4.17. The lowest BCUT2D eigenvalue weighted by atomic mass is 9.99. The molecule has 0 atom stereocenters. The summed E-state index contributed by atoms with van der Waals surface area (Å²) in [7, 11) is 1.82. The minimum absolute atomic E-state index is 0.0293. The van der Waals surface area contributed by atoms with E-state index in [0.717, 1.165) is 17.7 Å². The molecule has 0 saturated heterocycles. The smallest absolute Gasteiger partial charge is 0.236 e. The molecule has 3 nitrogen and oxygen atoms in total. The molecule has 0 heterocycles. The minimum atomic E-state index is 0.0293. The third-order valence-corrected chi connectivity index (χ3v) is 3.62. The number of hydrogen-bond acceptors (Lipinski definition) is 2. The number of carbonyl (C=O) groups excluding carboxylic acids is 1. The largest absolute Gasteiger partial charge is 0.345 e. The van der Waals surface area contributed by atoms with Crippen LogP contribution in [0.3, 0.4) is 0 Å². The standard InChI is InChI=1S/C18H22N2O/c1-3-20(2)17(21)14-19-18(15-10-6-4-7-11-15)16-12-8-5-9-13-16/h4-13,18-19H,3,14H2,1-2H3. The van der Waals surface area contributed by atoms with Gasteiger partial charge in [0.2, 0.25) is 5.91 Å². The van der Waals surface area contributed by atoms with Crippen molar-refractivity contribution < 1.29 is 4.79 Å². The Morgan fingerprint density at radius 2 is 1.48 bits per heavy atom. The normalized spacial score (nSPS) is 10.6. The second-order valence-electron chi connectivity index (χ2n) is 5.04. The molecule has 0 bridgehead atoms. The van der Waals surface area contributed by atoms with Crippen molar-refractivity contribution in [3.8, 4) is 0 Å². The fourth-order valence-electron chi connectivity index (χ4n) is 2.22. The van der Waals surface area contributed by atoms with Gasteiger partial charge in [-0.05, 0) is 18.1 Å². The van der Waals surface area contributed by atoms with Crippen molar-refractivity contribution in [3.63, 3.8) is 0 Å². The van der Waals surface area contributed by atoms with Gasteiger partial charge < -0.3 is 4.90 Å². The summed E-state index contributed by atoms with van der Waals surface area (Å²) in [4.78, 5) is 13.7. The van der Waals surface area contributed by atoms with Gasteiger partial charge >= 0.3 is 0 Å². The van der Waals surface area contributed by atoms with E-state index in [1.807, 2.05) is 50.4 Å². The summed E-state index contributed by atoms with van der Waals surface area (Å²) in [5.74, 6) is 0.106. The van der Waals surface area contributed by atoms with Gasteiger partial charge in [0.25, 0.3) is 0 Å². The maximum Gasteiger partial charge on any atom is 0.236 e. The Kier molecular flexibility index (Phi) is 5.52. The highest BCUT2D eigenvalue weighted by molar-refractivity contribution is 5.78. The molecule has 2 aromatic rings. The fraction of sp³-hybridized carbons (Fsp3) is 0.278. The predicted molar refractivity (Wildman–Crippen MR) is 86.0 cm³/mol. The molecule has 0 aliphatic heterocycles. The highest BCUT2D eigenvalue weighted by Crippen LogP contribution is 2.21. The summed E-state index contributed by atoms with van der Waals surface area (Å²) >= 11 is 0. The first kappa shape index (κ1) is 15.3. The quantitative estimate of drug-likeness (QED) is 0.883. The Balaban J connectivity index is 2.16. The first-order valence-electron chi connectivity index (χ1n) is 7.29. The van der Waals surface area contributed by atoms with Gasteiger partial charge in [-0.1, -0.05) is 60.7 Å². The number of likely N-dealkylation sites (N-methyl/N-ethyl adjacent to an activating group) is 1. The zero-order valence-corrected chi connectivity index (χ0v) is 12.6. The Bertz CT molecular complexity index is 514. The maximum atomic E-state index is 12.0. The van der Waals surface area contributed by atoms with Crippen LogP contribution in [0.15, 0.2) is 60.7 Å². The number of rotatable bonds is 6. The Morgan fingerprint density at radius 1 is 1.00 bits per heavy atom. The van der Waals surface area contributed by atoms with Crippen LogP contribution in [-0.4, -0.2) is 30.9 Å². The summed E-state index contributed by atoms with van der Waals surface area (Å²) in [5.41, 5.74) is 2.33. The summed E-state index contributed by atoms with van der Waals surface area (Å²) in [6.45, 7) is 3.03. The number of amides is 1. The van der Waals surface area contributed by atoms with Gasteiger partial charge in [-0.25, -0.2) is 0 Å². The highest BCUT2D eigenvalue weighted by Gasteiger charge is 2.15. The molecule has 110 valence electrons. The van der Waals surface area contributed by atoms with E-state index in [4.69, 9.17) is 0 Å². The van der Waals surface area contributed by atoms with Crippen molar-refractivity contribution in [2.24, 2.45) is 0 Å². The van der Waals surface area contributed by atoms with Crippen molar-refractivity contribution >= 4 is 5.91 Å². The summed E-state index contributed by atoms with van der Waals surface area (Å²) in [5, 5.41) is 3.38. The molecule has 2 aromatic carbocycles. The fourth-order valence-corrected chi connectivity index (χ4v) is 2.22. The Labute approximate surface area is 126 Å². The lowest BCUT2D eigenvalue weighted by Gasteiger charge is -2.21. The summed E-state index contributed by atoms with van der Waals surface area (Å²) in [6.07, 6.45) is 0. The van der Waals surface area contributed by atoms with Gasteiger partial charge in [-0.3, -0.25) is 10.1 Å². The number of nitrogens with one attached hydrogen (secondary N) is 1. The van der Waals surface area contributed by atoms with Crippen molar-refractivity contribution in [2.75, 3.05) is 20.1 Å². The number of hydrogen-bond donors (Lipinski definition) is 1. The van der Waals surface area contributed by atoms with E-state index in [1.165, 1.54) is 0 Å². The number of carbonyl (C=O) groups is 1. The van der Waals surface area contributed by atoms with E-state index in [-0.39, 0.29) is 11.9 Å². The van der Waals surface area contributed by atoms with Gasteiger partial charge in [0.05, 0.1) is 12.6 Å². The van der Waals surface area contributed by atoms with Crippen molar-refractivity contribution in [1.29, 1.82) is 0 Å². The molecule has 0 saturated carbocycles. The van der Waals surface area contributed by atoms with Crippen molar-refractivity contribution in [1.82, 2.24) is 10.2 Å². The zero-order valence-electron chi connectivity index (χ0n) is 12.6. The van der Waals surface area contributed by atoms with Gasteiger partial charge in [0.1, 0.15) is 0 Å². The average molecular weight is 282 g/mol. The van der Waals surface area contributed by atoms with Crippen LogP contribution in [0.5, 0.6) is 0 Å². The predicted octanol–water partition coefficient (Wildman–Crippen LogP) is 2.84. The SMILES string of the molecule is CCN(C)C(=O)CNC(c1ccccc1)c1ccccc1. The Morgan fingerprint density at radius 3 is 1.90 bits per heavy atom. The number of benzene rings is 2. The molecule has 3 heteroatoms. The zero-order chi connectivity index (χ0) is 15.1. The molecule has 0 radical (unpaired) electrons. The molecular formula is C18H22N2O. The van der Waals surface area contributed by atoms with Crippen molar-refractivity contribution in [2.45, 2.75) is 13.0 Å². The van der Waals surface area contributed by atoms with Gasteiger partial charge in [0, 0.05) is 13.6 Å². The average Bonchev–Trinajstić information content (AvgIpc) is 2.56. The van der Waals surface area contributed by atoms with E-state index in [2.05, 4.69) is 29.6 Å². The number of nitrogens with zero attached hydrogens (tertiary/aromatic N) is 1. The molecule has 0 unspecified atom stereocenters. The van der Waals surface area contributed by atoms with E-state index >= 15 is 0 Å². The van der Waals surface area contributed by atoms with E-state index in [1.54, 1.807) is 4.90 Å². The van der Waals surface area contributed by atoms with Crippen molar-refractivity contribution in [3.05, 3.63) is 71.8 Å². The highest BCUT2D eigenvalue weighted by atomic mass is 16.2. The van der Waals surface area contributed by atoms with Crippen LogP contribution < -0.4 is 5.32 Å². The molecule has 2 rings (SSSR count). The molecule has 0 aromatic heterocycles. The van der Waals surface area contributed by atoms with E-state index < -0.39 is 0 Å². The van der Waals surface area contributed by atoms with Gasteiger partial charge in [-0.2, -0.15) is 0 Å². The van der Waals surface area contributed by atoms with Crippen LogP contribution in [0.1, 0.15) is 24.1 Å². The summed E-state index contributed by atoms with van der Waals surface area (Å²) < 4.78 is 0. The van der Waals surface area contributed by atoms with Gasteiger partial charge in [-0.15, -0.1) is 0 Å². The molecule has 0 spiro atoms. The molecule has 21 heavy (non-hydrogen) atoms. The first-order valence-corrected chi connectivity index (χ1v) is 7.29. The second-order valence-corrected chi connectivity index (χ2v) is 5.04. The van der Waals surface area contributed by atoms with E-state index in [0.29, 0.717) is 6.54 Å². The monoisotopic (exact) mass is 282 g/mol. The molecule has 1 N–H and O–H groups in total. The molecule has 0 fully saturated rings. The second kappa shape index (κ2) is 7.60. The lowest BCUT2D eigenvalue weighted by Crippen LogP contribution is -2.37. The van der Waals surface area contributed by atoms with Crippen LogP contribution in [0.25, 0.3) is 0 Å². The van der Waals surface area contributed by atoms with Crippen LogP contribution in [0.2, 0.25) is 0 Å². The molecule has 1 amide bonds. The van der Waals surface area contributed by atoms with Crippen LogP contribution in [0, 0.1) is 0 Å². The van der Waals surface area contributed by atoms with Crippen LogP contribution in [0.4, 0.5) is 0 Å². The molecular weight excluding hydrogens is 260 g/mol. The van der Waals surface area contributed by atoms with E-state index in [9.17, 15) is 4.79 Å². The van der Waals surface area contributed by atoms with Gasteiger partial charge in [0.15, 0.2) is 0 Å².